The van der Waals surface area contributed by atoms with E-state index in [0.29, 0.717) is 26.8 Å². The van der Waals surface area contributed by atoms with Gasteiger partial charge in [-0.2, -0.15) is 0 Å². The Balaban J connectivity index is 1.53. The van der Waals surface area contributed by atoms with Crippen LogP contribution in [-0.4, -0.2) is 28.6 Å². The van der Waals surface area contributed by atoms with Crippen molar-refractivity contribution in [3.63, 3.8) is 0 Å². The van der Waals surface area contributed by atoms with Crippen molar-refractivity contribution in [1.29, 1.82) is 0 Å². The molecule has 23 heavy (non-hydrogen) atoms. The van der Waals surface area contributed by atoms with Gasteiger partial charge >= 0.3 is 0 Å². The average Bonchev–Trinajstić information content (AvgIpc) is 2.96. The smallest absolute Gasteiger partial charge is 0.256 e. The zero-order valence-corrected chi connectivity index (χ0v) is 14.2. The van der Waals surface area contributed by atoms with Crippen LogP contribution >= 0.6 is 35.0 Å². The number of benzene rings is 2. The number of aliphatic hydroxyl groups is 1. The topological polar surface area (TPSA) is 55.5 Å². The molecule has 7 heteroatoms. The van der Waals surface area contributed by atoms with Crippen molar-refractivity contribution in [3.8, 4) is 5.75 Å². The molecule has 4 nitrogen and oxygen atoms in total. The lowest BCUT2D eigenvalue weighted by Crippen LogP contribution is -2.20. The molecule has 0 fully saturated rings. The SMILES string of the molecule is O[C@H](COc1cc(Cl)ccc1Cl)CSc1nc2ccccc2o1. The van der Waals surface area contributed by atoms with Crippen molar-refractivity contribution in [2.75, 3.05) is 12.4 Å². The van der Waals surface area contributed by atoms with E-state index in [0.717, 1.165) is 11.1 Å². The van der Waals surface area contributed by atoms with Crippen LogP contribution in [0.4, 0.5) is 0 Å². The van der Waals surface area contributed by atoms with Gasteiger partial charge in [0.05, 0.1) is 11.1 Å². The predicted octanol–water partition coefficient (Wildman–Crippen LogP) is 4.67. The van der Waals surface area contributed by atoms with E-state index in [9.17, 15) is 5.11 Å². The van der Waals surface area contributed by atoms with Crippen LogP contribution in [0.25, 0.3) is 11.1 Å². The number of rotatable bonds is 6. The van der Waals surface area contributed by atoms with Crippen LogP contribution in [0.1, 0.15) is 0 Å². The number of ether oxygens (including phenoxy) is 1. The monoisotopic (exact) mass is 369 g/mol. The summed E-state index contributed by atoms with van der Waals surface area (Å²) in [4.78, 5) is 4.33. The van der Waals surface area contributed by atoms with Crippen molar-refractivity contribution < 1.29 is 14.3 Å². The molecule has 2 aromatic carbocycles. The van der Waals surface area contributed by atoms with Crippen molar-refractivity contribution in [3.05, 3.63) is 52.5 Å². The maximum Gasteiger partial charge on any atom is 0.256 e. The Labute approximate surface area is 147 Å². The average molecular weight is 370 g/mol. The molecule has 3 aromatic rings. The molecule has 0 aliphatic rings. The van der Waals surface area contributed by atoms with Gasteiger partial charge in [0.15, 0.2) is 5.58 Å². The highest BCUT2D eigenvalue weighted by molar-refractivity contribution is 7.99. The largest absolute Gasteiger partial charge is 0.489 e. The summed E-state index contributed by atoms with van der Waals surface area (Å²) < 4.78 is 11.1. The normalized spacial score (nSPS) is 12.5. The number of oxazole rings is 1. The van der Waals surface area contributed by atoms with Gasteiger partial charge < -0.3 is 14.3 Å². The Hall–Kier alpha value is -1.40. The number of hydrogen-bond acceptors (Lipinski definition) is 5. The lowest BCUT2D eigenvalue weighted by atomic mass is 10.3. The van der Waals surface area contributed by atoms with Gasteiger partial charge in [-0.3, -0.25) is 0 Å². The van der Waals surface area contributed by atoms with Gasteiger partial charge in [0.1, 0.15) is 17.9 Å². The second kappa shape index (κ2) is 7.45. The quantitative estimate of drug-likeness (QED) is 0.640. The predicted molar refractivity (Wildman–Crippen MR) is 92.7 cm³/mol. The minimum absolute atomic E-state index is 0.104. The molecule has 0 unspecified atom stereocenters. The van der Waals surface area contributed by atoms with Crippen LogP contribution in [0.15, 0.2) is 52.1 Å². The van der Waals surface area contributed by atoms with E-state index >= 15 is 0 Å². The molecular weight excluding hydrogens is 357 g/mol. The molecule has 1 heterocycles. The van der Waals surface area contributed by atoms with Gasteiger partial charge in [-0.1, -0.05) is 47.1 Å². The molecule has 0 saturated heterocycles. The molecule has 0 saturated carbocycles. The van der Waals surface area contributed by atoms with Crippen LogP contribution in [0.2, 0.25) is 10.0 Å². The molecule has 0 amide bonds. The second-order valence-corrected chi connectivity index (χ2v) is 6.61. The number of para-hydroxylation sites is 2. The summed E-state index contributed by atoms with van der Waals surface area (Å²) in [6.07, 6.45) is -0.690. The minimum atomic E-state index is -0.690. The van der Waals surface area contributed by atoms with Crippen molar-refractivity contribution in [2.24, 2.45) is 0 Å². The third kappa shape index (κ3) is 4.32. The van der Waals surface area contributed by atoms with Crippen LogP contribution < -0.4 is 4.74 Å². The lowest BCUT2D eigenvalue weighted by Gasteiger charge is -2.12. The molecule has 0 radical (unpaired) electrons. The fourth-order valence-corrected chi connectivity index (χ4v) is 2.98. The molecule has 1 aromatic heterocycles. The highest BCUT2D eigenvalue weighted by Crippen LogP contribution is 2.28. The van der Waals surface area contributed by atoms with Crippen LogP contribution in [-0.2, 0) is 0 Å². The highest BCUT2D eigenvalue weighted by Gasteiger charge is 2.12. The minimum Gasteiger partial charge on any atom is -0.489 e. The molecule has 120 valence electrons. The number of hydrogen-bond donors (Lipinski definition) is 1. The maximum atomic E-state index is 10.0. The third-order valence-electron chi connectivity index (χ3n) is 3.00. The molecule has 0 aliphatic carbocycles. The summed E-state index contributed by atoms with van der Waals surface area (Å²) in [7, 11) is 0. The molecule has 1 atom stereocenters. The third-order valence-corrected chi connectivity index (χ3v) is 4.52. The number of halogens is 2. The Bertz CT molecular complexity index is 776. The van der Waals surface area contributed by atoms with Crippen LogP contribution in [0.3, 0.4) is 0 Å². The summed E-state index contributed by atoms with van der Waals surface area (Å²) in [6, 6.07) is 12.5. The van der Waals surface area contributed by atoms with E-state index in [1.54, 1.807) is 18.2 Å². The Kier molecular flexibility index (Phi) is 5.33. The van der Waals surface area contributed by atoms with Gasteiger partial charge in [-0.05, 0) is 24.3 Å². The number of thioether (sulfide) groups is 1. The molecular formula is C16H13Cl2NO3S. The number of nitrogens with zero attached hydrogens (tertiary/aromatic N) is 1. The van der Waals surface area contributed by atoms with Crippen LogP contribution in [0, 0.1) is 0 Å². The maximum absolute atomic E-state index is 10.0. The molecule has 0 bridgehead atoms. The van der Waals surface area contributed by atoms with Gasteiger partial charge in [0.2, 0.25) is 0 Å². The van der Waals surface area contributed by atoms with Crippen molar-refractivity contribution in [1.82, 2.24) is 4.98 Å². The summed E-state index contributed by atoms with van der Waals surface area (Å²) in [6.45, 7) is 0.104. The highest BCUT2D eigenvalue weighted by atomic mass is 35.5. The second-order valence-electron chi connectivity index (χ2n) is 4.80. The zero-order chi connectivity index (χ0) is 16.2. The molecule has 0 spiro atoms. The van der Waals surface area contributed by atoms with Crippen molar-refractivity contribution >= 4 is 46.1 Å². The van der Waals surface area contributed by atoms with Gasteiger partial charge in [-0.15, -0.1) is 0 Å². The van der Waals surface area contributed by atoms with Gasteiger partial charge in [0, 0.05) is 16.8 Å². The van der Waals surface area contributed by atoms with Crippen LogP contribution in [0.5, 0.6) is 5.75 Å². The van der Waals surface area contributed by atoms with E-state index in [1.165, 1.54) is 11.8 Å². The van der Waals surface area contributed by atoms with E-state index in [2.05, 4.69) is 4.98 Å². The number of aromatic nitrogens is 1. The summed E-state index contributed by atoms with van der Waals surface area (Å²) in [5.74, 6) is 0.843. The van der Waals surface area contributed by atoms with E-state index < -0.39 is 6.10 Å². The van der Waals surface area contributed by atoms with E-state index in [4.69, 9.17) is 32.4 Å². The standard InChI is InChI=1S/C16H13Cl2NO3S/c17-10-5-6-12(18)15(7-10)21-8-11(20)9-23-16-19-13-3-1-2-4-14(13)22-16/h1-7,11,20H,8-9H2/t11-/m1/s1. The first-order valence-corrected chi connectivity index (χ1v) is 8.60. The number of fused-ring (bicyclic) bond motifs is 1. The Morgan fingerprint density at radius 1 is 1.22 bits per heavy atom. The van der Waals surface area contributed by atoms with Gasteiger partial charge in [0.25, 0.3) is 5.22 Å². The molecule has 3 rings (SSSR count). The Morgan fingerprint density at radius 2 is 2.04 bits per heavy atom. The van der Waals surface area contributed by atoms with Crippen molar-refractivity contribution in [2.45, 2.75) is 11.3 Å². The first-order chi connectivity index (χ1) is 11.1. The fourth-order valence-electron chi connectivity index (χ4n) is 1.90. The first kappa shape index (κ1) is 16.5. The fraction of sp³-hybridized carbons (Fsp3) is 0.188. The first-order valence-electron chi connectivity index (χ1n) is 6.86. The molecule has 1 N–H and O–H groups in total. The van der Waals surface area contributed by atoms with E-state index in [1.807, 2.05) is 24.3 Å². The molecule has 0 aliphatic heterocycles. The lowest BCUT2D eigenvalue weighted by molar-refractivity contribution is 0.126. The van der Waals surface area contributed by atoms with E-state index in [-0.39, 0.29) is 6.61 Å². The van der Waals surface area contributed by atoms with Gasteiger partial charge in [-0.25, -0.2) is 4.98 Å². The number of aliphatic hydroxyl groups excluding tert-OH is 1. The summed E-state index contributed by atoms with van der Waals surface area (Å²) in [5.41, 5.74) is 1.53. The summed E-state index contributed by atoms with van der Waals surface area (Å²) in [5, 5.41) is 11.5. The Morgan fingerprint density at radius 3 is 2.87 bits per heavy atom. The zero-order valence-electron chi connectivity index (χ0n) is 11.9. The summed E-state index contributed by atoms with van der Waals surface area (Å²) >= 11 is 13.2.